The van der Waals surface area contributed by atoms with Crippen molar-refractivity contribution in [2.24, 2.45) is 0 Å². The molecule has 0 saturated carbocycles. The van der Waals surface area contributed by atoms with E-state index in [1.54, 1.807) is 28.8 Å². The molecule has 0 atom stereocenters. The molecule has 3 aromatic rings. The highest BCUT2D eigenvalue weighted by Crippen LogP contribution is 2.38. The second-order valence-corrected chi connectivity index (χ2v) is 9.76. The van der Waals surface area contributed by atoms with Gasteiger partial charge in [0, 0.05) is 12.1 Å². The van der Waals surface area contributed by atoms with Crippen molar-refractivity contribution in [3.8, 4) is 17.2 Å². The number of anilines is 1. The van der Waals surface area contributed by atoms with Gasteiger partial charge in [-0.05, 0) is 68.0 Å². The van der Waals surface area contributed by atoms with Gasteiger partial charge in [0.1, 0.15) is 10.5 Å². The zero-order valence-electron chi connectivity index (χ0n) is 22.2. The Morgan fingerprint density at radius 2 is 1.71 bits per heavy atom. The summed E-state index contributed by atoms with van der Waals surface area (Å²) in [7, 11) is 4.59. The molecule has 1 aliphatic rings. The van der Waals surface area contributed by atoms with Crippen molar-refractivity contribution in [1.29, 1.82) is 0 Å². The molecule has 0 radical (unpaired) electrons. The van der Waals surface area contributed by atoms with E-state index in [0.29, 0.717) is 55.4 Å². The van der Waals surface area contributed by atoms with Gasteiger partial charge in [0.05, 0.1) is 37.1 Å². The summed E-state index contributed by atoms with van der Waals surface area (Å²) < 4.78 is 32.8. The quantitative estimate of drug-likeness (QED) is 0.425. The van der Waals surface area contributed by atoms with Crippen LogP contribution in [0.15, 0.2) is 35.1 Å². The molecular weight excluding hydrogens is 509 g/mol. The Bertz CT molecular complexity index is 1500. The van der Waals surface area contributed by atoms with Gasteiger partial charge in [-0.3, -0.25) is 14.2 Å². The maximum atomic E-state index is 13.8. The van der Waals surface area contributed by atoms with E-state index in [-0.39, 0.29) is 11.5 Å². The monoisotopic (exact) mass is 541 g/mol. The Morgan fingerprint density at radius 1 is 1.03 bits per heavy atom. The van der Waals surface area contributed by atoms with Gasteiger partial charge in [-0.2, -0.15) is 0 Å². The van der Waals surface area contributed by atoms with Gasteiger partial charge >= 0.3 is 0 Å². The van der Waals surface area contributed by atoms with Crippen LogP contribution in [-0.4, -0.2) is 56.3 Å². The van der Waals surface area contributed by atoms with E-state index >= 15 is 0 Å². The molecule has 1 N–H and O–H groups in total. The third-order valence-electron chi connectivity index (χ3n) is 6.58. The number of fused-ring (bicyclic) bond motifs is 1. The Kier molecular flexibility index (Phi) is 8.53. The molecule has 2 aromatic carbocycles. The number of benzene rings is 2. The van der Waals surface area contributed by atoms with Crippen molar-refractivity contribution in [2.45, 2.75) is 26.8 Å². The Hall–Kier alpha value is -3.63. The first-order valence-electron chi connectivity index (χ1n) is 12.4. The van der Waals surface area contributed by atoms with Crippen molar-refractivity contribution in [3.63, 3.8) is 0 Å². The predicted molar refractivity (Wildman–Crippen MR) is 147 cm³/mol. The van der Waals surface area contributed by atoms with E-state index in [2.05, 4.69) is 24.1 Å². The number of carbonyl (C=O) groups excluding carboxylic acids is 1. The molecule has 0 spiro atoms. The molecular formula is C28H32FN3O5S. The van der Waals surface area contributed by atoms with Crippen LogP contribution in [0.4, 0.5) is 10.1 Å². The zero-order chi connectivity index (χ0) is 27.4. The van der Waals surface area contributed by atoms with Crippen LogP contribution in [0, 0.1) is 5.82 Å². The highest BCUT2D eigenvalue weighted by atomic mass is 32.1. The van der Waals surface area contributed by atoms with E-state index in [1.807, 2.05) is 0 Å². The van der Waals surface area contributed by atoms with Crippen LogP contribution in [0.25, 0.3) is 11.6 Å². The molecule has 0 aliphatic carbocycles. The van der Waals surface area contributed by atoms with E-state index < -0.39 is 5.82 Å². The molecule has 0 bridgehead atoms. The fourth-order valence-corrected chi connectivity index (χ4v) is 5.78. The normalized spacial score (nSPS) is 14.6. The largest absolute Gasteiger partial charge is 0.493 e. The van der Waals surface area contributed by atoms with Crippen LogP contribution < -0.4 is 34.3 Å². The van der Waals surface area contributed by atoms with Crippen LogP contribution in [-0.2, 0) is 11.3 Å². The van der Waals surface area contributed by atoms with Crippen LogP contribution in [0.2, 0.25) is 0 Å². The number of nitrogens with zero attached hydrogens (tertiary/aromatic N) is 2. The van der Waals surface area contributed by atoms with E-state index in [1.165, 1.54) is 44.8 Å². The maximum absolute atomic E-state index is 13.8. The highest BCUT2D eigenvalue weighted by Gasteiger charge is 2.27. The second-order valence-electron chi connectivity index (χ2n) is 8.73. The summed E-state index contributed by atoms with van der Waals surface area (Å²) in [4.78, 5) is 29.0. The lowest BCUT2D eigenvalue weighted by atomic mass is 10.1. The van der Waals surface area contributed by atoms with Crippen LogP contribution >= 0.6 is 11.3 Å². The highest BCUT2D eigenvalue weighted by molar-refractivity contribution is 7.07. The molecule has 1 amide bonds. The first-order chi connectivity index (χ1) is 18.3. The van der Waals surface area contributed by atoms with Crippen LogP contribution in [0.5, 0.6) is 17.2 Å². The van der Waals surface area contributed by atoms with Crippen molar-refractivity contribution in [3.05, 3.63) is 66.8 Å². The van der Waals surface area contributed by atoms with Gasteiger partial charge in [0.25, 0.3) is 11.5 Å². The Labute approximate surface area is 224 Å². The molecule has 4 rings (SSSR count). The van der Waals surface area contributed by atoms with Crippen molar-refractivity contribution in [1.82, 2.24) is 9.47 Å². The lowest BCUT2D eigenvalue weighted by Crippen LogP contribution is -2.34. The SMILES string of the molecule is CCN(CC)CCCn1c(=O)/c(=C/c2cc(OC)c(OC)c(OC)c2)s/c1=C1/C(=O)Nc2cc(F)ccc21. The van der Waals surface area contributed by atoms with Gasteiger partial charge in [0.15, 0.2) is 11.5 Å². The minimum Gasteiger partial charge on any atom is -0.493 e. The first kappa shape index (κ1) is 27.4. The summed E-state index contributed by atoms with van der Waals surface area (Å²) in [5, 5.41) is 2.74. The molecule has 10 heteroatoms. The molecule has 2 heterocycles. The molecule has 202 valence electrons. The number of thiazole rings is 1. The van der Waals surface area contributed by atoms with Gasteiger partial charge < -0.3 is 24.4 Å². The zero-order valence-corrected chi connectivity index (χ0v) is 23.0. The topological polar surface area (TPSA) is 82.0 Å². The second kappa shape index (κ2) is 11.8. The number of aromatic nitrogens is 1. The maximum Gasteiger partial charge on any atom is 0.269 e. The summed E-state index contributed by atoms with van der Waals surface area (Å²) in [5.41, 5.74) is 1.83. The van der Waals surface area contributed by atoms with Crippen molar-refractivity contribution >= 4 is 34.6 Å². The molecule has 0 saturated heterocycles. The van der Waals surface area contributed by atoms with Crippen LogP contribution in [0.1, 0.15) is 31.4 Å². The number of nitrogens with one attached hydrogen (secondary N) is 1. The lowest BCUT2D eigenvalue weighted by Gasteiger charge is -2.17. The molecule has 8 nitrogen and oxygen atoms in total. The van der Waals surface area contributed by atoms with E-state index in [4.69, 9.17) is 14.2 Å². The van der Waals surface area contributed by atoms with E-state index in [9.17, 15) is 14.0 Å². The third-order valence-corrected chi connectivity index (χ3v) is 7.71. The number of hydrogen-bond acceptors (Lipinski definition) is 7. The number of rotatable bonds is 10. The molecule has 1 aromatic heterocycles. The van der Waals surface area contributed by atoms with Crippen molar-refractivity contribution < 1.29 is 23.4 Å². The predicted octanol–water partition coefficient (Wildman–Crippen LogP) is 2.79. The van der Waals surface area contributed by atoms with Gasteiger partial charge in [0.2, 0.25) is 5.75 Å². The fourth-order valence-electron chi connectivity index (χ4n) is 4.59. The minimum absolute atomic E-state index is 0.200. The average molecular weight is 542 g/mol. The Morgan fingerprint density at radius 3 is 2.32 bits per heavy atom. The smallest absolute Gasteiger partial charge is 0.269 e. The number of carbonyl (C=O) groups is 1. The minimum atomic E-state index is -0.440. The number of halogens is 1. The molecule has 0 unspecified atom stereocenters. The standard InChI is InChI=1S/C28H32FN3O5S/c1-6-31(7-2)11-8-12-32-27(34)23(15-17-13-21(35-3)25(37-5)22(14-17)36-4)38-28(32)24-19-10-9-18(29)16-20(19)30-26(24)33/h9-10,13-16H,6-8,11-12H2,1-5H3,(H,30,33)/b23-15-,28-24+. The van der Waals surface area contributed by atoms with Gasteiger partial charge in [-0.1, -0.05) is 13.8 Å². The van der Waals surface area contributed by atoms with Crippen LogP contribution in [0.3, 0.4) is 0 Å². The van der Waals surface area contributed by atoms with Gasteiger partial charge in [-0.25, -0.2) is 4.39 Å². The fraction of sp³-hybridized carbons (Fsp3) is 0.357. The van der Waals surface area contributed by atoms with E-state index in [0.717, 1.165) is 26.1 Å². The number of hydrogen-bond donors (Lipinski definition) is 1. The number of amides is 1. The summed E-state index contributed by atoms with van der Waals surface area (Å²) in [6, 6.07) is 7.71. The third kappa shape index (κ3) is 5.32. The summed E-state index contributed by atoms with van der Waals surface area (Å²) >= 11 is 1.23. The molecule has 38 heavy (non-hydrogen) atoms. The van der Waals surface area contributed by atoms with Gasteiger partial charge in [-0.15, -0.1) is 11.3 Å². The summed E-state index contributed by atoms with van der Waals surface area (Å²) in [6.45, 7) is 7.30. The average Bonchev–Trinajstić information content (AvgIpc) is 3.40. The molecule has 1 aliphatic heterocycles. The molecule has 0 fully saturated rings. The summed E-state index contributed by atoms with van der Waals surface area (Å²) in [6.07, 6.45) is 2.49. The van der Waals surface area contributed by atoms with Crippen molar-refractivity contribution in [2.75, 3.05) is 46.3 Å². The summed E-state index contributed by atoms with van der Waals surface area (Å²) in [5.74, 6) is 0.591. The number of ether oxygens (including phenoxy) is 3. The Balaban J connectivity index is 1.92. The number of methoxy groups -OCH3 is 3. The lowest BCUT2D eigenvalue weighted by molar-refractivity contribution is -0.110. The first-order valence-corrected chi connectivity index (χ1v) is 13.3.